The lowest BCUT2D eigenvalue weighted by molar-refractivity contribution is 0.0505. The zero-order chi connectivity index (χ0) is 17.6. The molecule has 3 unspecified atom stereocenters. The van der Waals surface area contributed by atoms with Gasteiger partial charge in [-0.05, 0) is 66.5 Å². The summed E-state index contributed by atoms with van der Waals surface area (Å²) >= 11 is 0. The van der Waals surface area contributed by atoms with Gasteiger partial charge in [-0.25, -0.2) is 4.79 Å². The van der Waals surface area contributed by atoms with Crippen molar-refractivity contribution in [2.75, 3.05) is 20.6 Å². The third-order valence-electron chi connectivity index (χ3n) is 4.27. The van der Waals surface area contributed by atoms with Crippen LogP contribution in [0.15, 0.2) is 0 Å². The molecule has 3 atom stereocenters. The molecule has 0 aromatic heterocycles. The summed E-state index contributed by atoms with van der Waals surface area (Å²) in [4.78, 5) is 14.1. The van der Waals surface area contributed by atoms with Gasteiger partial charge in [0, 0.05) is 24.7 Å². The first kappa shape index (κ1) is 20.2. The van der Waals surface area contributed by atoms with Crippen LogP contribution in [-0.4, -0.2) is 55.4 Å². The lowest BCUT2D eigenvalue weighted by atomic mass is 10.0. The molecule has 1 rings (SSSR count). The monoisotopic (exact) mass is 327 g/mol. The van der Waals surface area contributed by atoms with Gasteiger partial charge in [-0.1, -0.05) is 13.8 Å². The molecule has 1 aliphatic carbocycles. The second-order valence-corrected chi connectivity index (χ2v) is 8.51. The number of hydrogen-bond donors (Lipinski definition) is 2. The molecule has 0 aliphatic heterocycles. The highest BCUT2D eigenvalue weighted by Crippen LogP contribution is 2.20. The van der Waals surface area contributed by atoms with E-state index >= 15 is 0 Å². The highest BCUT2D eigenvalue weighted by molar-refractivity contribution is 5.68. The van der Waals surface area contributed by atoms with Crippen molar-refractivity contribution in [2.24, 2.45) is 5.92 Å². The first-order valence-electron chi connectivity index (χ1n) is 8.96. The number of carbonyl (C=O) groups is 1. The van der Waals surface area contributed by atoms with E-state index < -0.39 is 5.60 Å². The van der Waals surface area contributed by atoms with Crippen LogP contribution in [0.1, 0.15) is 60.3 Å². The van der Waals surface area contributed by atoms with Gasteiger partial charge in [0.15, 0.2) is 0 Å². The van der Waals surface area contributed by atoms with E-state index in [1.807, 2.05) is 20.8 Å². The molecule has 5 nitrogen and oxygen atoms in total. The molecular weight excluding hydrogens is 290 g/mol. The number of rotatable bonds is 7. The Morgan fingerprint density at radius 1 is 1.22 bits per heavy atom. The molecule has 2 N–H and O–H groups in total. The van der Waals surface area contributed by atoms with Crippen LogP contribution in [0.3, 0.4) is 0 Å². The van der Waals surface area contributed by atoms with Gasteiger partial charge in [0.05, 0.1) is 0 Å². The molecule has 0 aromatic rings. The van der Waals surface area contributed by atoms with Gasteiger partial charge < -0.3 is 20.3 Å². The van der Waals surface area contributed by atoms with Gasteiger partial charge in [0.2, 0.25) is 0 Å². The molecule has 1 fully saturated rings. The third kappa shape index (κ3) is 8.56. The fraction of sp³-hybridized carbons (Fsp3) is 0.944. The highest BCUT2D eigenvalue weighted by Gasteiger charge is 2.28. The molecule has 0 spiro atoms. The minimum Gasteiger partial charge on any atom is -0.444 e. The largest absolute Gasteiger partial charge is 0.444 e. The van der Waals surface area contributed by atoms with Crippen LogP contribution in [-0.2, 0) is 4.74 Å². The minimum absolute atomic E-state index is 0.227. The van der Waals surface area contributed by atoms with Crippen LogP contribution in [0.4, 0.5) is 4.79 Å². The van der Waals surface area contributed by atoms with Crippen LogP contribution >= 0.6 is 0 Å². The van der Waals surface area contributed by atoms with Crippen LogP contribution in [0, 0.1) is 5.92 Å². The van der Waals surface area contributed by atoms with E-state index in [1.54, 1.807) is 0 Å². The molecule has 0 saturated heterocycles. The smallest absolute Gasteiger partial charge is 0.407 e. The second-order valence-electron chi connectivity index (χ2n) is 8.51. The number of amides is 1. The normalized spacial score (nSPS) is 23.3. The van der Waals surface area contributed by atoms with E-state index in [-0.39, 0.29) is 12.1 Å². The fourth-order valence-electron chi connectivity index (χ4n) is 3.10. The number of alkyl carbamates (subject to hydrolysis) is 1. The molecule has 1 amide bonds. The molecule has 0 heterocycles. The average molecular weight is 328 g/mol. The van der Waals surface area contributed by atoms with Crippen molar-refractivity contribution in [3.05, 3.63) is 0 Å². The Morgan fingerprint density at radius 2 is 1.83 bits per heavy atom. The Hall–Kier alpha value is -0.810. The Kier molecular flexibility index (Phi) is 7.81. The van der Waals surface area contributed by atoms with Crippen LogP contribution < -0.4 is 10.6 Å². The number of nitrogens with zero attached hydrogens (tertiary/aromatic N) is 1. The summed E-state index contributed by atoms with van der Waals surface area (Å²) in [5.41, 5.74) is -0.434. The number of hydrogen-bond acceptors (Lipinski definition) is 4. The van der Waals surface area contributed by atoms with Gasteiger partial charge in [-0.15, -0.1) is 0 Å². The van der Waals surface area contributed by atoms with Crippen molar-refractivity contribution in [3.8, 4) is 0 Å². The number of nitrogens with one attached hydrogen (secondary N) is 2. The molecule has 0 bridgehead atoms. The minimum atomic E-state index is -0.434. The summed E-state index contributed by atoms with van der Waals surface area (Å²) in [5.74, 6) is 0.703. The summed E-state index contributed by atoms with van der Waals surface area (Å²) in [6.45, 7) is 11.2. The Labute approximate surface area is 142 Å². The maximum absolute atomic E-state index is 11.8. The van der Waals surface area contributed by atoms with Gasteiger partial charge in [-0.3, -0.25) is 0 Å². The van der Waals surface area contributed by atoms with Crippen molar-refractivity contribution in [3.63, 3.8) is 0 Å². The zero-order valence-electron chi connectivity index (χ0n) is 16.1. The van der Waals surface area contributed by atoms with Gasteiger partial charge in [0.25, 0.3) is 0 Å². The molecule has 1 saturated carbocycles. The van der Waals surface area contributed by atoms with E-state index in [9.17, 15) is 4.79 Å². The Bertz CT molecular complexity index is 364. The second kappa shape index (κ2) is 8.88. The molecule has 1 aliphatic rings. The Balaban J connectivity index is 2.32. The van der Waals surface area contributed by atoms with Gasteiger partial charge in [-0.2, -0.15) is 0 Å². The fourth-order valence-corrected chi connectivity index (χ4v) is 3.10. The summed E-state index contributed by atoms with van der Waals surface area (Å²) in [6, 6.07) is 1.28. The lowest BCUT2D eigenvalue weighted by Crippen LogP contribution is -2.43. The predicted molar refractivity (Wildman–Crippen MR) is 95.7 cm³/mol. The van der Waals surface area contributed by atoms with Crippen LogP contribution in [0.25, 0.3) is 0 Å². The number of ether oxygens (including phenoxy) is 1. The maximum atomic E-state index is 11.8. The zero-order valence-corrected chi connectivity index (χ0v) is 16.1. The first-order valence-corrected chi connectivity index (χ1v) is 8.96. The van der Waals surface area contributed by atoms with Crippen molar-refractivity contribution in [1.29, 1.82) is 0 Å². The first-order chi connectivity index (χ1) is 10.6. The van der Waals surface area contributed by atoms with Crippen molar-refractivity contribution < 1.29 is 9.53 Å². The van der Waals surface area contributed by atoms with E-state index in [4.69, 9.17) is 4.74 Å². The highest BCUT2D eigenvalue weighted by atomic mass is 16.6. The van der Waals surface area contributed by atoms with Gasteiger partial charge in [0.1, 0.15) is 5.60 Å². The quantitative estimate of drug-likeness (QED) is 0.755. The van der Waals surface area contributed by atoms with Crippen LogP contribution in [0.2, 0.25) is 0 Å². The average Bonchev–Trinajstić information content (AvgIpc) is 2.78. The molecule has 23 heavy (non-hydrogen) atoms. The van der Waals surface area contributed by atoms with Crippen molar-refractivity contribution >= 4 is 6.09 Å². The van der Waals surface area contributed by atoms with Crippen LogP contribution in [0.5, 0.6) is 0 Å². The van der Waals surface area contributed by atoms with Crippen molar-refractivity contribution in [1.82, 2.24) is 15.5 Å². The molecule has 5 heteroatoms. The molecule has 136 valence electrons. The topological polar surface area (TPSA) is 53.6 Å². The van der Waals surface area contributed by atoms with E-state index in [0.717, 1.165) is 25.8 Å². The summed E-state index contributed by atoms with van der Waals surface area (Å²) in [6.07, 6.45) is 4.03. The van der Waals surface area contributed by atoms with E-state index in [1.165, 1.54) is 6.42 Å². The summed E-state index contributed by atoms with van der Waals surface area (Å²) < 4.78 is 5.33. The molecule has 0 aromatic carbocycles. The molecular formula is C18H37N3O2. The van der Waals surface area contributed by atoms with Crippen molar-refractivity contribution in [2.45, 2.75) is 84.0 Å². The molecule has 0 radical (unpaired) electrons. The number of carbonyl (C=O) groups excluding carboxylic acids is 1. The summed E-state index contributed by atoms with van der Waals surface area (Å²) in [5, 5.41) is 6.68. The predicted octanol–water partition coefficient (Wildman–Crippen LogP) is 3.00. The maximum Gasteiger partial charge on any atom is 0.407 e. The summed E-state index contributed by atoms with van der Waals surface area (Å²) in [7, 11) is 4.30. The standard InChI is InChI=1S/C18H37N3O2/c1-13(2)10-16(21(6)7)12-19-14-8-9-15(11-14)20-17(22)23-18(3,4)5/h13-16,19H,8-12H2,1-7H3,(H,20,22). The van der Waals surface area contributed by atoms with Gasteiger partial charge >= 0.3 is 6.09 Å². The lowest BCUT2D eigenvalue weighted by Gasteiger charge is -2.28. The Morgan fingerprint density at radius 3 is 2.35 bits per heavy atom. The third-order valence-corrected chi connectivity index (χ3v) is 4.27. The SMILES string of the molecule is CC(C)CC(CNC1CCC(NC(=O)OC(C)(C)C)C1)N(C)C. The van der Waals surface area contributed by atoms with E-state index in [0.29, 0.717) is 18.0 Å². The number of likely N-dealkylation sites (N-methyl/N-ethyl adjacent to an activating group) is 1. The van der Waals surface area contributed by atoms with E-state index in [2.05, 4.69) is 43.5 Å².